The first-order valence-electron chi connectivity index (χ1n) is 9.29. The van der Waals surface area contributed by atoms with Crippen molar-refractivity contribution < 1.29 is 14.0 Å². The predicted octanol–water partition coefficient (Wildman–Crippen LogP) is 4.49. The predicted molar refractivity (Wildman–Crippen MR) is 119 cm³/mol. The summed E-state index contributed by atoms with van der Waals surface area (Å²) in [5, 5.41) is 6.88. The SMILES string of the molecule is NC(=O)c1ccn(-c2ccc(NC(=O)/C=C/c3ccc(-c4ccc(F)cc4)s3)cc2)n1. The Morgan fingerprint density at radius 1 is 1.00 bits per heavy atom. The second kappa shape index (κ2) is 8.76. The molecule has 31 heavy (non-hydrogen) atoms. The van der Waals surface area contributed by atoms with Crippen molar-refractivity contribution in [1.29, 1.82) is 0 Å². The Morgan fingerprint density at radius 2 is 1.74 bits per heavy atom. The minimum Gasteiger partial charge on any atom is -0.364 e. The third-order valence-electron chi connectivity index (χ3n) is 4.40. The van der Waals surface area contributed by atoms with Crippen LogP contribution in [0.15, 0.2) is 79.0 Å². The van der Waals surface area contributed by atoms with Gasteiger partial charge in [-0.2, -0.15) is 5.10 Å². The van der Waals surface area contributed by atoms with Crippen molar-refractivity contribution in [2.75, 3.05) is 5.32 Å². The third-order valence-corrected chi connectivity index (χ3v) is 5.49. The van der Waals surface area contributed by atoms with E-state index in [1.807, 2.05) is 12.1 Å². The fraction of sp³-hybridized carbons (Fsp3) is 0. The first-order valence-corrected chi connectivity index (χ1v) is 10.1. The molecule has 0 aliphatic rings. The van der Waals surface area contributed by atoms with Gasteiger partial charge in [0, 0.05) is 27.7 Å². The summed E-state index contributed by atoms with van der Waals surface area (Å²) >= 11 is 1.51. The number of carbonyl (C=O) groups excluding carboxylic acids is 2. The molecule has 4 aromatic rings. The Bertz CT molecular complexity index is 1260. The van der Waals surface area contributed by atoms with Crippen molar-refractivity contribution in [3.8, 4) is 16.1 Å². The molecule has 0 saturated heterocycles. The average molecular weight is 432 g/mol. The molecule has 0 saturated carbocycles. The Labute approximate surface area is 181 Å². The smallest absolute Gasteiger partial charge is 0.269 e. The number of primary amides is 1. The van der Waals surface area contributed by atoms with E-state index in [9.17, 15) is 14.0 Å². The maximum atomic E-state index is 13.1. The van der Waals surface area contributed by atoms with E-state index < -0.39 is 5.91 Å². The first kappa shape index (κ1) is 20.2. The Hall–Kier alpha value is -4.04. The molecule has 0 fully saturated rings. The van der Waals surface area contributed by atoms with E-state index in [1.165, 1.54) is 40.3 Å². The molecule has 0 aliphatic carbocycles. The summed E-state index contributed by atoms with van der Waals surface area (Å²) in [6.45, 7) is 0. The molecular formula is C23H17FN4O2S. The van der Waals surface area contributed by atoms with Crippen molar-refractivity contribution in [1.82, 2.24) is 9.78 Å². The highest BCUT2D eigenvalue weighted by Gasteiger charge is 2.06. The van der Waals surface area contributed by atoms with Gasteiger partial charge in [0.05, 0.1) is 5.69 Å². The molecule has 2 amide bonds. The molecule has 2 aromatic carbocycles. The second-order valence-electron chi connectivity index (χ2n) is 6.59. The summed E-state index contributed by atoms with van der Waals surface area (Å²) in [6.07, 6.45) is 4.83. The lowest BCUT2D eigenvalue weighted by molar-refractivity contribution is -0.111. The van der Waals surface area contributed by atoms with Gasteiger partial charge in [-0.25, -0.2) is 9.07 Å². The van der Waals surface area contributed by atoms with Gasteiger partial charge in [-0.05, 0) is 66.2 Å². The number of amides is 2. The molecule has 0 unspecified atom stereocenters. The van der Waals surface area contributed by atoms with Gasteiger partial charge in [-0.3, -0.25) is 9.59 Å². The highest BCUT2D eigenvalue weighted by atomic mass is 32.1. The summed E-state index contributed by atoms with van der Waals surface area (Å²) in [7, 11) is 0. The molecule has 3 N–H and O–H groups in total. The second-order valence-corrected chi connectivity index (χ2v) is 7.70. The largest absolute Gasteiger partial charge is 0.364 e. The molecule has 4 rings (SSSR count). The molecular weight excluding hydrogens is 415 g/mol. The normalized spacial score (nSPS) is 11.0. The zero-order valence-electron chi connectivity index (χ0n) is 16.2. The van der Waals surface area contributed by atoms with Crippen LogP contribution < -0.4 is 11.1 Å². The Kier molecular flexibility index (Phi) is 5.72. The molecule has 0 spiro atoms. The van der Waals surface area contributed by atoms with Crippen LogP contribution in [0.4, 0.5) is 10.1 Å². The van der Waals surface area contributed by atoms with Crippen LogP contribution in [0, 0.1) is 5.82 Å². The van der Waals surface area contributed by atoms with Gasteiger partial charge in [0.1, 0.15) is 11.5 Å². The molecule has 0 atom stereocenters. The van der Waals surface area contributed by atoms with Gasteiger partial charge in [-0.15, -0.1) is 11.3 Å². The van der Waals surface area contributed by atoms with Crippen LogP contribution >= 0.6 is 11.3 Å². The number of carbonyl (C=O) groups is 2. The minimum atomic E-state index is -0.593. The molecule has 154 valence electrons. The lowest BCUT2D eigenvalue weighted by Crippen LogP contribution is -2.12. The number of nitrogens with two attached hydrogens (primary N) is 1. The molecule has 2 heterocycles. The minimum absolute atomic E-state index is 0.179. The lowest BCUT2D eigenvalue weighted by atomic mass is 10.2. The number of anilines is 1. The number of nitrogens with zero attached hydrogens (tertiary/aromatic N) is 2. The summed E-state index contributed by atoms with van der Waals surface area (Å²) < 4.78 is 14.6. The number of benzene rings is 2. The van der Waals surface area contributed by atoms with Crippen molar-refractivity contribution >= 4 is 34.9 Å². The van der Waals surface area contributed by atoms with Crippen LogP contribution in [-0.2, 0) is 4.79 Å². The summed E-state index contributed by atoms with van der Waals surface area (Å²) in [5.74, 6) is -1.13. The van der Waals surface area contributed by atoms with E-state index in [0.29, 0.717) is 5.69 Å². The molecule has 6 nitrogen and oxygen atoms in total. The highest BCUT2D eigenvalue weighted by molar-refractivity contribution is 7.16. The number of aromatic nitrogens is 2. The van der Waals surface area contributed by atoms with Gasteiger partial charge in [0.15, 0.2) is 0 Å². The van der Waals surface area contributed by atoms with Crippen molar-refractivity contribution in [2.24, 2.45) is 5.73 Å². The van der Waals surface area contributed by atoms with E-state index in [4.69, 9.17) is 5.73 Å². The Morgan fingerprint density at radius 3 is 2.42 bits per heavy atom. The molecule has 8 heteroatoms. The molecule has 2 aromatic heterocycles. The monoisotopic (exact) mass is 432 g/mol. The summed E-state index contributed by atoms with van der Waals surface area (Å²) in [5.41, 5.74) is 7.67. The number of hydrogen-bond acceptors (Lipinski definition) is 4. The van der Waals surface area contributed by atoms with Gasteiger partial charge in [0.2, 0.25) is 5.91 Å². The number of nitrogens with one attached hydrogen (secondary N) is 1. The van der Waals surface area contributed by atoms with Crippen LogP contribution in [0.1, 0.15) is 15.4 Å². The summed E-state index contributed by atoms with van der Waals surface area (Å²) in [6, 6.07) is 18.7. The van der Waals surface area contributed by atoms with Gasteiger partial charge in [-0.1, -0.05) is 12.1 Å². The third kappa shape index (κ3) is 4.93. The fourth-order valence-corrected chi connectivity index (χ4v) is 3.77. The molecule has 0 bridgehead atoms. The molecule has 0 aliphatic heterocycles. The topological polar surface area (TPSA) is 90.0 Å². The Balaban J connectivity index is 1.37. The van der Waals surface area contributed by atoms with E-state index >= 15 is 0 Å². The zero-order valence-corrected chi connectivity index (χ0v) is 17.0. The van der Waals surface area contributed by atoms with Crippen LogP contribution in [0.2, 0.25) is 0 Å². The van der Waals surface area contributed by atoms with E-state index in [1.54, 1.807) is 48.7 Å². The van der Waals surface area contributed by atoms with Gasteiger partial charge in [0.25, 0.3) is 5.91 Å². The number of hydrogen-bond donors (Lipinski definition) is 2. The first-order chi connectivity index (χ1) is 15.0. The quantitative estimate of drug-likeness (QED) is 0.440. The number of thiophene rings is 1. The van der Waals surface area contributed by atoms with E-state index in [-0.39, 0.29) is 17.4 Å². The van der Waals surface area contributed by atoms with Crippen LogP contribution in [0.5, 0.6) is 0 Å². The zero-order chi connectivity index (χ0) is 21.8. The van der Waals surface area contributed by atoms with E-state index in [2.05, 4.69) is 10.4 Å². The lowest BCUT2D eigenvalue weighted by Gasteiger charge is -2.05. The van der Waals surface area contributed by atoms with Gasteiger partial charge >= 0.3 is 0 Å². The highest BCUT2D eigenvalue weighted by Crippen LogP contribution is 2.29. The average Bonchev–Trinajstić information content (AvgIpc) is 3.44. The fourth-order valence-electron chi connectivity index (χ4n) is 2.85. The maximum absolute atomic E-state index is 13.1. The summed E-state index contributed by atoms with van der Waals surface area (Å²) in [4.78, 5) is 25.3. The van der Waals surface area contributed by atoms with Crippen LogP contribution in [0.3, 0.4) is 0 Å². The number of rotatable bonds is 6. The standard InChI is InChI=1S/C23H17FN4O2S/c24-16-3-1-15(2-4-16)21-11-9-19(31-21)10-12-22(29)26-17-5-7-18(8-6-17)28-14-13-20(27-28)23(25)30/h1-14H,(H2,25,30)(H,26,29)/b12-10+. The van der Waals surface area contributed by atoms with Crippen molar-refractivity contribution in [3.05, 3.63) is 95.4 Å². The van der Waals surface area contributed by atoms with Crippen LogP contribution in [-0.4, -0.2) is 21.6 Å². The number of halogens is 1. The van der Waals surface area contributed by atoms with Crippen molar-refractivity contribution in [2.45, 2.75) is 0 Å². The van der Waals surface area contributed by atoms with Crippen LogP contribution in [0.25, 0.3) is 22.2 Å². The maximum Gasteiger partial charge on any atom is 0.269 e. The van der Waals surface area contributed by atoms with E-state index in [0.717, 1.165) is 21.0 Å². The van der Waals surface area contributed by atoms with Gasteiger partial charge < -0.3 is 11.1 Å². The molecule has 0 radical (unpaired) electrons. The van der Waals surface area contributed by atoms with Crippen molar-refractivity contribution in [3.63, 3.8) is 0 Å².